The third-order valence-electron chi connectivity index (χ3n) is 1.78. The van der Waals surface area contributed by atoms with Crippen LogP contribution in [0.2, 0.25) is 0 Å². The van der Waals surface area contributed by atoms with Gasteiger partial charge in [-0.2, -0.15) is 0 Å². The molecule has 3 nitrogen and oxygen atoms in total. The fourth-order valence-electron chi connectivity index (χ4n) is 0.879. The fraction of sp³-hybridized carbons (Fsp3) is 0.889. The Kier molecular flexibility index (Phi) is 5.09. The number of methoxy groups -OCH3 is 1. The molecule has 1 unspecified atom stereocenters. The Morgan fingerprint density at radius 1 is 1.50 bits per heavy atom. The average Bonchev–Trinajstić information content (AvgIpc) is 2.03. The summed E-state index contributed by atoms with van der Waals surface area (Å²) in [6.07, 6.45) is 3.03. The largest absolute Gasteiger partial charge is 0.354 e. The molecule has 0 aliphatic carbocycles. The number of rotatable bonds is 6. The van der Waals surface area contributed by atoms with Gasteiger partial charge in [0.1, 0.15) is 0 Å². The SMILES string of the molecule is CCC(CC=N)OC(C)(C)OC. The lowest BCUT2D eigenvalue weighted by molar-refractivity contribution is -0.222. The van der Waals surface area contributed by atoms with Gasteiger partial charge in [0.05, 0.1) is 6.10 Å². The van der Waals surface area contributed by atoms with E-state index in [2.05, 4.69) is 0 Å². The lowest BCUT2D eigenvalue weighted by Gasteiger charge is -2.28. The van der Waals surface area contributed by atoms with Gasteiger partial charge in [0, 0.05) is 13.5 Å². The highest BCUT2D eigenvalue weighted by atomic mass is 16.7. The summed E-state index contributed by atoms with van der Waals surface area (Å²) in [5.41, 5.74) is 0. The van der Waals surface area contributed by atoms with Crippen LogP contribution in [0.5, 0.6) is 0 Å². The summed E-state index contributed by atoms with van der Waals surface area (Å²) in [6, 6.07) is 0. The Morgan fingerprint density at radius 2 is 2.08 bits per heavy atom. The first-order valence-corrected chi connectivity index (χ1v) is 4.27. The zero-order valence-corrected chi connectivity index (χ0v) is 8.39. The van der Waals surface area contributed by atoms with Crippen molar-refractivity contribution >= 4 is 6.21 Å². The lowest BCUT2D eigenvalue weighted by atomic mass is 10.2. The Morgan fingerprint density at radius 3 is 2.42 bits per heavy atom. The van der Waals surface area contributed by atoms with E-state index in [1.165, 1.54) is 6.21 Å². The summed E-state index contributed by atoms with van der Waals surface area (Å²) in [5.74, 6) is -0.538. The smallest absolute Gasteiger partial charge is 0.162 e. The first kappa shape index (κ1) is 11.6. The molecule has 1 atom stereocenters. The van der Waals surface area contributed by atoms with E-state index in [9.17, 15) is 0 Å². The third-order valence-corrected chi connectivity index (χ3v) is 1.78. The summed E-state index contributed by atoms with van der Waals surface area (Å²) < 4.78 is 10.7. The molecule has 0 saturated carbocycles. The van der Waals surface area contributed by atoms with E-state index in [1.54, 1.807) is 7.11 Å². The van der Waals surface area contributed by atoms with E-state index in [1.807, 2.05) is 20.8 Å². The minimum absolute atomic E-state index is 0.0949. The van der Waals surface area contributed by atoms with E-state index in [4.69, 9.17) is 14.9 Å². The van der Waals surface area contributed by atoms with Crippen LogP contribution in [0, 0.1) is 5.41 Å². The van der Waals surface area contributed by atoms with Crippen LogP contribution in [0.1, 0.15) is 33.6 Å². The van der Waals surface area contributed by atoms with E-state index < -0.39 is 5.79 Å². The zero-order valence-electron chi connectivity index (χ0n) is 8.39. The monoisotopic (exact) mass is 173 g/mol. The highest BCUT2D eigenvalue weighted by Crippen LogP contribution is 2.15. The van der Waals surface area contributed by atoms with Gasteiger partial charge in [0.15, 0.2) is 5.79 Å². The molecule has 0 amide bonds. The summed E-state index contributed by atoms with van der Waals surface area (Å²) in [5, 5.41) is 6.96. The van der Waals surface area contributed by atoms with Crippen LogP contribution >= 0.6 is 0 Å². The molecule has 0 aromatic rings. The minimum Gasteiger partial charge on any atom is -0.354 e. The first-order valence-electron chi connectivity index (χ1n) is 4.27. The van der Waals surface area contributed by atoms with Crippen molar-refractivity contribution in [3.63, 3.8) is 0 Å². The van der Waals surface area contributed by atoms with Gasteiger partial charge in [-0.3, -0.25) is 0 Å². The molecule has 0 heterocycles. The van der Waals surface area contributed by atoms with Gasteiger partial charge in [0.2, 0.25) is 0 Å². The topological polar surface area (TPSA) is 42.3 Å². The Hall–Kier alpha value is -0.410. The molecule has 72 valence electrons. The molecule has 0 aromatic heterocycles. The molecular weight excluding hydrogens is 154 g/mol. The summed E-state index contributed by atoms with van der Waals surface area (Å²) in [6.45, 7) is 5.79. The van der Waals surface area contributed by atoms with Crippen molar-refractivity contribution in [3.8, 4) is 0 Å². The van der Waals surface area contributed by atoms with E-state index in [0.717, 1.165) is 6.42 Å². The molecule has 1 N–H and O–H groups in total. The van der Waals surface area contributed by atoms with Crippen molar-refractivity contribution in [2.75, 3.05) is 7.11 Å². The molecule has 0 bridgehead atoms. The second-order valence-corrected chi connectivity index (χ2v) is 3.19. The standard InChI is InChI=1S/C9H19NO2/c1-5-8(6-7-10)12-9(2,3)11-4/h7-8,10H,5-6H2,1-4H3. The Bertz CT molecular complexity index is 134. The molecule has 0 spiro atoms. The molecule has 0 fully saturated rings. The van der Waals surface area contributed by atoms with Crippen molar-refractivity contribution in [2.24, 2.45) is 0 Å². The summed E-state index contributed by atoms with van der Waals surface area (Å²) in [7, 11) is 1.62. The van der Waals surface area contributed by atoms with E-state index in [-0.39, 0.29) is 6.10 Å². The second kappa shape index (κ2) is 5.27. The first-order chi connectivity index (χ1) is 5.55. The molecule has 0 saturated heterocycles. The fourth-order valence-corrected chi connectivity index (χ4v) is 0.879. The number of hydrogen-bond donors (Lipinski definition) is 1. The van der Waals surface area contributed by atoms with Crippen LogP contribution in [-0.4, -0.2) is 25.2 Å². The van der Waals surface area contributed by atoms with Crippen LogP contribution in [0.15, 0.2) is 0 Å². The minimum atomic E-state index is -0.538. The molecule has 0 aromatic carbocycles. The van der Waals surface area contributed by atoms with Crippen LogP contribution < -0.4 is 0 Å². The van der Waals surface area contributed by atoms with Gasteiger partial charge >= 0.3 is 0 Å². The van der Waals surface area contributed by atoms with Crippen molar-refractivity contribution in [3.05, 3.63) is 0 Å². The Labute approximate surface area is 74.6 Å². The van der Waals surface area contributed by atoms with Crippen LogP contribution in [0.3, 0.4) is 0 Å². The van der Waals surface area contributed by atoms with Gasteiger partial charge in [-0.1, -0.05) is 6.92 Å². The maximum atomic E-state index is 6.96. The van der Waals surface area contributed by atoms with Crippen molar-refractivity contribution in [1.29, 1.82) is 5.41 Å². The number of hydrogen-bond acceptors (Lipinski definition) is 3. The maximum absolute atomic E-state index is 6.96. The summed E-state index contributed by atoms with van der Waals surface area (Å²) >= 11 is 0. The normalized spacial score (nSPS) is 14.3. The number of nitrogens with one attached hydrogen (secondary N) is 1. The maximum Gasteiger partial charge on any atom is 0.162 e. The lowest BCUT2D eigenvalue weighted by Crippen LogP contribution is -2.32. The molecule has 0 rings (SSSR count). The Balaban J connectivity index is 3.91. The highest BCUT2D eigenvalue weighted by molar-refractivity contribution is 5.53. The van der Waals surface area contributed by atoms with Crippen molar-refractivity contribution in [2.45, 2.75) is 45.5 Å². The molecule has 0 aliphatic rings. The van der Waals surface area contributed by atoms with Crippen LogP contribution in [-0.2, 0) is 9.47 Å². The van der Waals surface area contributed by atoms with Crippen LogP contribution in [0.25, 0.3) is 0 Å². The highest BCUT2D eigenvalue weighted by Gasteiger charge is 2.21. The summed E-state index contributed by atoms with van der Waals surface area (Å²) in [4.78, 5) is 0. The van der Waals surface area contributed by atoms with Crippen molar-refractivity contribution in [1.82, 2.24) is 0 Å². The van der Waals surface area contributed by atoms with E-state index >= 15 is 0 Å². The molecule has 3 heteroatoms. The van der Waals surface area contributed by atoms with Gasteiger partial charge in [-0.15, -0.1) is 0 Å². The second-order valence-electron chi connectivity index (χ2n) is 3.19. The molecule has 0 radical (unpaired) electrons. The predicted octanol–water partition coefficient (Wildman–Crippen LogP) is 2.20. The van der Waals surface area contributed by atoms with Crippen molar-refractivity contribution < 1.29 is 9.47 Å². The van der Waals surface area contributed by atoms with Crippen LogP contribution in [0.4, 0.5) is 0 Å². The molecular formula is C9H19NO2. The predicted molar refractivity (Wildman–Crippen MR) is 49.7 cm³/mol. The molecule has 12 heavy (non-hydrogen) atoms. The van der Waals surface area contributed by atoms with Gasteiger partial charge in [-0.25, -0.2) is 0 Å². The van der Waals surface area contributed by atoms with Gasteiger partial charge in [0.25, 0.3) is 0 Å². The number of ether oxygens (including phenoxy) is 2. The van der Waals surface area contributed by atoms with Gasteiger partial charge in [-0.05, 0) is 26.5 Å². The zero-order chi connectivity index (χ0) is 9.61. The third kappa shape index (κ3) is 4.46. The molecule has 0 aliphatic heterocycles. The quantitative estimate of drug-likeness (QED) is 0.494. The van der Waals surface area contributed by atoms with Gasteiger partial charge < -0.3 is 14.9 Å². The average molecular weight is 173 g/mol. The van der Waals surface area contributed by atoms with E-state index in [0.29, 0.717) is 6.42 Å².